The highest BCUT2D eigenvalue weighted by molar-refractivity contribution is 5.70. The summed E-state index contributed by atoms with van der Waals surface area (Å²) in [7, 11) is 2.89. The summed E-state index contributed by atoms with van der Waals surface area (Å²) in [5, 5.41) is 0. The summed E-state index contributed by atoms with van der Waals surface area (Å²) in [5.41, 5.74) is 5.73. The molecule has 0 saturated carbocycles. The number of esters is 1. The van der Waals surface area contributed by atoms with Crippen molar-refractivity contribution in [2.45, 2.75) is 31.0 Å². The van der Waals surface area contributed by atoms with Crippen LogP contribution in [0.4, 0.5) is 5.69 Å². The topological polar surface area (TPSA) is 124 Å². The van der Waals surface area contributed by atoms with Crippen molar-refractivity contribution in [3.05, 3.63) is 40.8 Å². The summed E-state index contributed by atoms with van der Waals surface area (Å²) < 4.78 is 28.8. The lowest BCUT2D eigenvalue weighted by Crippen LogP contribution is -2.35. The molecule has 0 bridgehead atoms. The number of nitrogen functional groups attached to an aromatic ring is 1. The van der Waals surface area contributed by atoms with E-state index in [2.05, 4.69) is 9.72 Å². The minimum absolute atomic E-state index is 0.0516. The molecule has 4 rings (SSSR count). The van der Waals surface area contributed by atoms with Crippen molar-refractivity contribution in [3.63, 3.8) is 0 Å². The van der Waals surface area contributed by atoms with E-state index in [-0.39, 0.29) is 36.6 Å². The van der Waals surface area contributed by atoms with Crippen LogP contribution in [0.2, 0.25) is 0 Å². The van der Waals surface area contributed by atoms with E-state index < -0.39 is 11.5 Å². The van der Waals surface area contributed by atoms with E-state index in [0.717, 1.165) is 0 Å². The summed E-state index contributed by atoms with van der Waals surface area (Å²) in [6.45, 7) is 0.599. The first-order valence-corrected chi connectivity index (χ1v) is 9.47. The lowest BCUT2D eigenvalue weighted by molar-refractivity contribution is -0.141. The fourth-order valence-electron chi connectivity index (χ4n) is 3.67. The van der Waals surface area contributed by atoms with E-state index in [1.165, 1.54) is 17.9 Å². The second kappa shape index (κ2) is 8.42. The van der Waals surface area contributed by atoms with Crippen molar-refractivity contribution in [2.75, 3.05) is 33.2 Å². The number of nitrogens with two attached hydrogens (primary N) is 1. The normalized spacial score (nSPS) is 25.1. The van der Waals surface area contributed by atoms with E-state index in [1.54, 1.807) is 31.4 Å². The maximum absolute atomic E-state index is 12.4. The van der Waals surface area contributed by atoms with E-state index in [1.807, 2.05) is 0 Å². The largest absolute Gasteiger partial charge is 0.485 e. The van der Waals surface area contributed by atoms with Crippen molar-refractivity contribution in [2.24, 2.45) is 0 Å². The van der Waals surface area contributed by atoms with Gasteiger partial charge in [-0.25, -0.2) is 4.98 Å². The van der Waals surface area contributed by atoms with Gasteiger partial charge in [0.05, 0.1) is 26.5 Å². The van der Waals surface area contributed by atoms with Crippen LogP contribution < -0.4 is 16.0 Å². The second-order valence-corrected chi connectivity index (χ2v) is 7.06. The first-order valence-electron chi connectivity index (χ1n) is 9.47. The molecule has 0 amide bonds. The number of hydrogen-bond donors (Lipinski definition) is 1. The van der Waals surface area contributed by atoms with Gasteiger partial charge < -0.3 is 29.4 Å². The number of nitrogens with zero attached hydrogens (tertiary/aromatic N) is 2. The van der Waals surface area contributed by atoms with E-state index in [0.29, 0.717) is 30.4 Å². The van der Waals surface area contributed by atoms with Crippen LogP contribution in [0.25, 0.3) is 11.4 Å². The van der Waals surface area contributed by atoms with Crippen LogP contribution in [0.15, 0.2) is 35.3 Å². The molecule has 3 heterocycles. The first kappa shape index (κ1) is 20.3. The second-order valence-electron chi connectivity index (χ2n) is 7.06. The minimum Gasteiger partial charge on any atom is -0.485 e. The number of ether oxygens (including phenoxy) is 5. The number of fused-ring (bicyclic) bond motifs is 1. The predicted octanol–water partition coefficient (Wildman–Crippen LogP) is 0.226. The molecule has 30 heavy (non-hydrogen) atoms. The number of aromatic nitrogens is 2. The third-order valence-corrected chi connectivity index (χ3v) is 5.25. The zero-order valence-corrected chi connectivity index (χ0v) is 16.6. The molecule has 2 aliphatic rings. The molecule has 0 radical (unpaired) electrons. The molecule has 1 aromatic carbocycles. The van der Waals surface area contributed by atoms with Gasteiger partial charge in [-0.15, -0.1) is 0 Å². The van der Waals surface area contributed by atoms with Gasteiger partial charge in [-0.05, 0) is 24.3 Å². The van der Waals surface area contributed by atoms with Gasteiger partial charge in [-0.2, -0.15) is 0 Å². The molecule has 0 spiro atoms. The van der Waals surface area contributed by atoms with Gasteiger partial charge >= 0.3 is 5.97 Å². The van der Waals surface area contributed by atoms with Gasteiger partial charge in [0.15, 0.2) is 6.10 Å². The molecule has 2 aliphatic heterocycles. The number of anilines is 1. The number of hydrogen-bond acceptors (Lipinski definition) is 9. The van der Waals surface area contributed by atoms with Gasteiger partial charge in [0.1, 0.15) is 42.1 Å². The molecular formula is C20H23N3O7. The average molecular weight is 417 g/mol. The van der Waals surface area contributed by atoms with Crippen LogP contribution in [0.1, 0.15) is 0 Å². The molecule has 2 saturated heterocycles. The number of carbonyl (C=O) groups excluding carboxylic acids is 1. The van der Waals surface area contributed by atoms with Gasteiger partial charge in [-0.1, -0.05) is 0 Å². The van der Waals surface area contributed by atoms with Gasteiger partial charge in [0.2, 0.25) is 0 Å². The van der Waals surface area contributed by atoms with Crippen LogP contribution in [0.5, 0.6) is 5.75 Å². The van der Waals surface area contributed by atoms with Crippen molar-refractivity contribution in [1.82, 2.24) is 9.55 Å². The quantitative estimate of drug-likeness (QED) is 0.658. The molecule has 2 fully saturated rings. The third kappa shape index (κ3) is 3.76. The van der Waals surface area contributed by atoms with E-state index >= 15 is 0 Å². The Morgan fingerprint density at radius 3 is 2.50 bits per heavy atom. The lowest BCUT2D eigenvalue weighted by Gasteiger charge is -2.18. The number of rotatable bonds is 6. The summed E-state index contributed by atoms with van der Waals surface area (Å²) >= 11 is 0. The van der Waals surface area contributed by atoms with Crippen LogP contribution in [-0.2, 0) is 30.3 Å². The highest BCUT2D eigenvalue weighted by atomic mass is 16.6. The van der Waals surface area contributed by atoms with Crippen LogP contribution >= 0.6 is 0 Å². The highest BCUT2D eigenvalue weighted by Gasteiger charge is 2.49. The summed E-state index contributed by atoms with van der Waals surface area (Å²) in [4.78, 5) is 28.3. The van der Waals surface area contributed by atoms with Gasteiger partial charge in [0, 0.05) is 12.7 Å². The lowest BCUT2D eigenvalue weighted by atomic mass is 10.1. The maximum atomic E-state index is 12.4. The standard InChI is InChI=1S/C20H23N3O7/c1-26-14-9-28-18-15(10-29-17(14)18)30-12-5-3-11(4-6-12)19-22-7-13(21)20(25)23(19)8-16(24)27-2/h3-7,14-15,17-18H,8-10,21H2,1-2H3/t14-,15-,17-,18-/m1/s1. The fraction of sp³-hybridized carbons (Fsp3) is 0.450. The van der Waals surface area contributed by atoms with Crippen molar-refractivity contribution < 1.29 is 28.5 Å². The maximum Gasteiger partial charge on any atom is 0.325 e. The average Bonchev–Trinajstić information content (AvgIpc) is 3.35. The predicted molar refractivity (Wildman–Crippen MR) is 105 cm³/mol. The highest BCUT2D eigenvalue weighted by Crippen LogP contribution is 2.31. The Labute approximate surface area is 172 Å². The zero-order chi connectivity index (χ0) is 21.3. The molecule has 10 nitrogen and oxygen atoms in total. The summed E-state index contributed by atoms with van der Waals surface area (Å²) in [6, 6.07) is 7.02. The molecular weight excluding hydrogens is 394 g/mol. The summed E-state index contributed by atoms with van der Waals surface area (Å²) in [5.74, 6) is 0.347. The minimum atomic E-state index is -0.576. The first-order chi connectivity index (χ1) is 14.5. The Morgan fingerprint density at radius 1 is 1.17 bits per heavy atom. The van der Waals surface area contributed by atoms with Crippen molar-refractivity contribution in [1.29, 1.82) is 0 Å². The Morgan fingerprint density at radius 2 is 1.83 bits per heavy atom. The zero-order valence-electron chi connectivity index (χ0n) is 16.6. The molecule has 4 atom stereocenters. The van der Waals surface area contributed by atoms with Crippen molar-refractivity contribution in [3.8, 4) is 17.1 Å². The Hall–Kier alpha value is -2.95. The number of methoxy groups -OCH3 is 2. The molecule has 1 aromatic heterocycles. The third-order valence-electron chi connectivity index (χ3n) is 5.25. The number of benzene rings is 1. The van der Waals surface area contributed by atoms with Crippen LogP contribution in [-0.4, -0.2) is 67.4 Å². The SMILES string of the molecule is COC(=O)Cn1c(-c2ccc(O[C@@H]3CO[C@H]4[C@@H]3OC[C@H]4OC)cc2)ncc(N)c1=O. The smallest absolute Gasteiger partial charge is 0.325 e. The Kier molecular flexibility index (Phi) is 5.71. The van der Waals surface area contributed by atoms with E-state index in [9.17, 15) is 9.59 Å². The van der Waals surface area contributed by atoms with Crippen LogP contribution in [0.3, 0.4) is 0 Å². The summed E-state index contributed by atoms with van der Waals surface area (Å²) in [6.07, 6.45) is 0.627. The molecule has 0 unspecified atom stereocenters. The molecule has 160 valence electrons. The molecule has 0 aliphatic carbocycles. The molecule has 2 aromatic rings. The van der Waals surface area contributed by atoms with E-state index in [4.69, 9.17) is 24.7 Å². The van der Waals surface area contributed by atoms with Crippen LogP contribution in [0, 0.1) is 0 Å². The van der Waals surface area contributed by atoms with Gasteiger partial charge in [0.25, 0.3) is 5.56 Å². The molecule has 10 heteroatoms. The Balaban J connectivity index is 1.53. The number of carbonyl (C=O) groups is 1. The molecule has 2 N–H and O–H groups in total. The fourth-order valence-corrected chi connectivity index (χ4v) is 3.67. The monoisotopic (exact) mass is 417 g/mol. The Bertz CT molecular complexity index is 975. The van der Waals surface area contributed by atoms with Crippen molar-refractivity contribution >= 4 is 11.7 Å². The van der Waals surface area contributed by atoms with Gasteiger partial charge in [-0.3, -0.25) is 14.2 Å².